The molecule has 1 aromatic rings. The van der Waals surface area contributed by atoms with Crippen molar-refractivity contribution in [2.24, 2.45) is 0 Å². The topological polar surface area (TPSA) is 41.6 Å². The van der Waals surface area contributed by atoms with E-state index in [2.05, 4.69) is 21.2 Å². The van der Waals surface area contributed by atoms with Gasteiger partial charge in [0.2, 0.25) is 0 Å². The Bertz CT molecular complexity index is 458. The summed E-state index contributed by atoms with van der Waals surface area (Å²) in [6.45, 7) is 1.65. The first-order valence-electron chi connectivity index (χ1n) is 6.60. The summed E-state index contributed by atoms with van der Waals surface area (Å²) in [6.07, 6.45) is 2.18. The van der Waals surface area contributed by atoms with Crippen molar-refractivity contribution in [2.45, 2.75) is 25.5 Å². The molecule has 20 heavy (non-hydrogen) atoms. The number of likely N-dealkylation sites (N-methyl/N-ethyl adjacent to an activating group) is 1. The molecule has 1 aromatic carbocycles. The largest absolute Gasteiger partial charge is 0.376 e. The molecule has 4 nitrogen and oxygen atoms in total. The van der Waals surface area contributed by atoms with Gasteiger partial charge < -0.3 is 15.0 Å². The number of hydrogen-bond donors (Lipinski definition) is 1. The minimum atomic E-state index is -0.323. The summed E-state index contributed by atoms with van der Waals surface area (Å²) < 4.78 is 19.4. The number of nitrogens with one attached hydrogen (secondary N) is 1. The zero-order valence-corrected chi connectivity index (χ0v) is 13.0. The summed E-state index contributed by atoms with van der Waals surface area (Å²) in [4.78, 5) is 13.5. The molecule has 1 heterocycles. The molecule has 0 aliphatic carbocycles. The Balaban J connectivity index is 1.81. The Labute approximate surface area is 126 Å². The molecule has 1 fully saturated rings. The third kappa shape index (κ3) is 4.45. The average molecular weight is 345 g/mol. The van der Waals surface area contributed by atoms with E-state index in [0.717, 1.165) is 25.0 Å². The highest BCUT2D eigenvalue weighted by Gasteiger charge is 2.19. The first-order valence-corrected chi connectivity index (χ1v) is 7.39. The van der Waals surface area contributed by atoms with Crippen LogP contribution in [0.15, 0.2) is 22.7 Å². The van der Waals surface area contributed by atoms with E-state index in [1.165, 1.54) is 12.1 Å². The lowest BCUT2D eigenvalue weighted by molar-refractivity contribution is 0.0874. The highest BCUT2D eigenvalue weighted by Crippen LogP contribution is 2.15. The van der Waals surface area contributed by atoms with Gasteiger partial charge in [-0.3, -0.25) is 0 Å². The SMILES string of the molecule is CN(C[C@@H]1CCCO1)C(=O)NCc1cc(F)cc(Br)c1. The van der Waals surface area contributed by atoms with E-state index < -0.39 is 0 Å². The normalized spacial score (nSPS) is 18.1. The Kier molecular flexibility index (Phi) is 5.37. The van der Waals surface area contributed by atoms with Gasteiger partial charge in [-0.15, -0.1) is 0 Å². The zero-order chi connectivity index (χ0) is 14.5. The Morgan fingerprint density at radius 3 is 3.00 bits per heavy atom. The first kappa shape index (κ1) is 15.3. The lowest BCUT2D eigenvalue weighted by Gasteiger charge is -2.21. The number of hydrogen-bond acceptors (Lipinski definition) is 2. The van der Waals surface area contributed by atoms with E-state index in [4.69, 9.17) is 4.74 Å². The molecule has 110 valence electrons. The van der Waals surface area contributed by atoms with Gasteiger partial charge in [0, 0.05) is 31.2 Å². The van der Waals surface area contributed by atoms with Crippen molar-refractivity contribution in [2.75, 3.05) is 20.2 Å². The molecule has 0 aromatic heterocycles. The van der Waals surface area contributed by atoms with Gasteiger partial charge in [0.15, 0.2) is 0 Å². The fraction of sp³-hybridized carbons (Fsp3) is 0.500. The number of benzene rings is 1. The van der Waals surface area contributed by atoms with Crippen LogP contribution in [0.25, 0.3) is 0 Å². The molecular weight excluding hydrogens is 327 g/mol. The van der Waals surface area contributed by atoms with E-state index >= 15 is 0 Å². The maximum Gasteiger partial charge on any atom is 0.317 e. The van der Waals surface area contributed by atoms with Gasteiger partial charge in [-0.25, -0.2) is 9.18 Å². The highest BCUT2D eigenvalue weighted by atomic mass is 79.9. The van der Waals surface area contributed by atoms with E-state index in [0.29, 0.717) is 17.6 Å². The standard InChI is InChI=1S/C14H18BrFN2O2/c1-18(9-13-3-2-4-20-13)14(19)17-8-10-5-11(15)7-12(16)6-10/h5-7,13H,2-4,8-9H2,1H3,(H,17,19)/t13-/m0/s1. The van der Waals surface area contributed by atoms with Gasteiger partial charge in [0.05, 0.1) is 6.10 Å². The molecule has 0 radical (unpaired) electrons. The van der Waals surface area contributed by atoms with Crippen LogP contribution in [0.2, 0.25) is 0 Å². The van der Waals surface area contributed by atoms with Crippen LogP contribution >= 0.6 is 15.9 Å². The van der Waals surface area contributed by atoms with Crippen molar-refractivity contribution in [3.8, 4) is 0 Å². The molecule has 0 bridgehead atoms. The monoisotopic (exact) mass is 344 g/mol. The quantitative estimate of drug-likeness (QED) is 0.912. The zero-order valence-electron chi connectivity index (χ0n) is 11.4. The van der Waals surface area contributed by atoms with Crippen LogP contribution in [0.3, 0.4) is 0 Å². The Morgan fingerprint density at radius 2 is 2.35 bits per heavy atom. The van der Waals surface area contributed by atoms with Crippen LogP contribution in [0.5, 0.6) is 0 Å². The second kappa shape index (κ2) is 7.04. The van der Waals surface area contributed by atoms with E-state index in [-0.39, 0.29) is 18.0 Å². The molecule has 1 atom stereocenters. The van der Waals surface area contributed by atoms with Gasteiger partial charge in [-0.05, 0) is 36.6 Å². The lowest BCUT2D eigenvalue weighted by atomic mass is 10.2. The summed E-state index contributed by atoms with van der Waals surface area (Å²) in [5.74, 6) is -0.323. The predicted octanol–water partition coefficient (Wildman–Crippen LogP) is 2.91. The van der Waals surface area contributed by atoms with Crippen LogP contribution in [0.1, 0.15) is 18.4 Å². The van der Waals surface area contributed by atoms with Crippen molar-refractivity contribution in [1.29, 1.82) is 0 Å². The predicted molar refractivity (Wildman–Crippen MR) is 77.9 cm³/mol. The van der Waals surface area contributed by atoms with Crippen LogP contribution in [-0.4, -0.2) is 37.2 Å². The number of urea groups is 1. The van der Waals surface area contributed by atoms with E-state index in [9.17, 15) is 9.18 Å². The molecule has 0 spiro atoms. The van der Waals surface area contributed by atoms with Crippen LogP contribution in [0.4, 0.5) is 9.18 Å². The molecule has 6 heteroatoms. The van der Waals surface area contributed by atoms with E-state index in [1.54, 1.807) is 18.0 Å². The van der Waals surface area contributed by atoms with Gasteiger partial charge in [0.1, 0.15) is 5.82 Å². The number of carbonyl (C=O) groups is 1. The second-order valence-corrected chi connectivity index (χ2v) is 5.87. The fourth-order valence-electron chi connectivity index (χ4n) is 2.20. The molecule has 1 N–H and O–H groups in total. The van der Waals surface area contributed by atoms with Gasteiger partial charge in [-0.1, -0.05) is 15.9 Å². The van der Waals surface area contributed by atoms with Crippen molar-refractivity contribution in [3.63, 3.8) is 0 Å². The highest BCUT2D eigenvalue weighted by molar-refractivity contribution is 9.10. The number of halogens is 2. The van der Waals surface area contributed by atoms with Crippen LogP contribution in [-0.2, 0) is 11.3 Å². The maximum absolute atomic E-state index is 13.2. The minimum absolute atomic E-state index is 0.133. The van der Waals surface area contributed by atoms with Crippen molar-refractivity contribution < 1.29 is 13.9 Å². The molecule has 0 saturated carbocycles. The van der Waals surface area contributed by atoms with Crippen LogP contribution < -0.4 is 5.32 Å². The Hall–Kier alpha value is -1.14. The van der Waals surface area contributed by atoms with Gasteiger partial charge in [-0.2, -0.15) is 0 Å². The number of rotatable bonds is 4. The first-order chi connectivity index (χ1) is 9.54. The molecule has 2 amide bonds. The molecular formula is C14H18BrFN2O2. The Morgan fingerprint density at radius 1 is 1.55 bits per heavy atom. The smallest absolute Gasteiger partial charge is 0.317 e. The average Bonchev–Trinajstić information content (AvgIpc) is 2.87. The third-order valence-corrected chi connectivity index (χ3v) is 3.67. The summed E-state index contributed by atoms with van der Waals surface area (Å²) in [5.41, 5.74) is 0.718. The van der Waals surface area contributed by atoms with Gasteiger partial charge >= 0.3 is 6.03 Å². The summed E-state index contributed by atoms with van der Waals surface area (Å²) >= 11 is 3.23. The molecule has 2 rings (SSSR count). The molecule has 1 aliphatic rings. The third-order valence-electron chi connectivity index (χ3n) is 3.21. The number of nitrogens with zero attached hydrogens (tertiary/aromatic N) is 1. The maximum atomic E-state index is 13.2. The minimum Gasteiger partial charge on any atom is -0.376 e. The van der Waals surface area contributed by atoms with E-state index in [1.807, 2.05) is 0 Å². The molecule has 1 aliphatic heterocycles. The summed E-state index contributed by atoms with van der Waals surface area (Å²) in [7, 11) is 1.73. The molecule has 0 unspecified atom stereocenters. The fourth-order valence-corrected chi connectivity index (χ4v) is 2.72. The molecule has 1 saturated heterocycles. The van der Waals surface area contributed by atoms with Crippen LogP contribution in [0, 0.1) is 5.82 Å². The summed E-state index contributed by atoms with van der Waals surface area (Å²) in [5, 5.41) is 2.77. The van der Waals surface area contributed by atoms with Crippen molar-refractivity contribution in [3.05, 3.63) is 34.1 Å². The summed E-state index contributed by atoms with van der Waals surface area (Å²) in [6, 6.07) is 4.39. The second-order valence-electron chi connectivity index (χ2n) is 4.95. The van der Waals surface area contributed by atoms with Crippen molar-refractivity contribution >= 4 is 22.0 Å². The number of carbonyl (C=O) groups excluding carboxylic acids is 1. The lowest BCUT2D eigenvalue weighted by Crippen LogP contribution is -2.40. The number of ether oxygens (including phenoxy) is 1. The van der Waals surface area contributed by atoms with Gasteiger partial charge in [0.25, 0.3) is 0 Å². The van der Waals surface area contributed by atoms with Crippen molar-refractivity contribution in [1.82, 2.24) is 10.2 Å². The number of amides is 2.